The van der Waals surface area contributed by atoms with Crippen LogP contribution in [-0.2, 0) is 0 Å². The fraction of sp³-hybridized carbons (Fsp3) is 0.0714. The molecule has 0 unspecified atom stereocenters. The van der Waals surface area contributed by atoms with Crippen molar-refractivity contribution in [3.63, 3.8) is 0 Å². The van der Waals surface area contributed by atoms with E-state index < -0.39 is 0 Å². The zero-order chi connectivity index (χ0) is 15.7. The van der Waals surface area contributed by atoms with Gasteiger partial charge in [0.25, 0.3) is 0 Å². The molecule has 0 bridgehead atoms. The van der Waals surface area contributed by atoms with E-state index in [1.54, 1.807) is 16.7 Å². The molecule has 22 heavy (non-hydrogen) atoms. The molecule has 3 rings (SSSR count). The third kappa shape index (κ3) is 3.40. The number of ketones is 1. The molecule has 2 heterocycles. The number of benzene rings is 1. The first kappa shape index (κ1) is 16.0. The first-order chi connectivity index (χ1) is 10.5. The van der Waals surface area contributed by atoms with Crippen LogP contribution in [0, 0.1) is 3.57 Å². The summed E-state index contributed by atoms with van der Waals surface area (Å²) < 4.78 is 2.78. The Hall–Kier alpha value is -0.830. The lowest BCUT2D eigenvalue weighted by Gasteiger charge is -2.02. The molecular weight excluding hydrogens is 456 g/mol. The quantitative estimate of drug-likeness (QED) is 0.322. The molecule has 0 aliphatic rings. The minimum absolute atomic E-state index is 0.0336. The Morgan fingerprint density at radius 1 is 1.23 bits per heavy atom. The third-order valence-corrected chi connectivity index (χ3v) is 5.04. The van der Waals surface area contributed by atoms with Gasteiger partial charge in [0.2, 0.25) is 0 Å². The summed E-state index contributed by atoms with van der Waals surface area (Å²) in [5.74, 6) is 0.303. The average molecular weight is 464 g/mol. The number of carbonyl (C=O) groups excluding carboxylic acids is 1. The van der Waals surface area contributed by atoms with E-state index in [0.29, 0.717) is 26.4 Å². The maximum Gasteiger partial charge on any atom is 0.196 e. The summed E-state index contributed by atoms with van der Waals surface area (Å²) >= 11 is 15.6. The van der Waals surface area contributed by atoms with Crippen molar-refractivity contribution >= 4 is 69.0 Å². The molecule has 0 fully saturated rings. The molecule has 1 aromatic carbocycles. The number of thioether (sulfide) groups is 1. The molecule has 8 heteroatoms. The number of Topliss-reactive ketones (excluding diaryl/α,β-unsaturated/α-hetero) is 1. The summed E-state index contributed by atoms with van der Waals surface area (Å²) in [5, 5.41) is 9.56. The molecule has 0 atom stereocenters. The number of hydrogen-bond acceptors (Lipinski definition) is 4. The number of hydrogen-bond donors (Lipinski definition) is 0. The van der Waals surface area contributed by atoms with E-state index in [1.165, 1.54) is 11.8 Å². The minimum atomic E-state index is 0.0336. The predicted octanol–water partition coefficient (Wildman–Crippen LogP) is 4.62. The van der Waals surface area contributed by atoms with Crippen LogP contribution in [0.25, 0.3) is 5.65 Å². The third-order valence-electron chi connectivity index (χ3n) is 2.89. The Morgan fingerprint density at radius 2 is 1.95 bits per heavy atom. The van der Waals surface area contributed by atoms with Gasteiger partial charge in [0.15, 0.2) is 16.6 Å². The van der Waals surface area contributed by atoms with Crippen molar-refractivity contribution in [3.05, 3.63) is 55.7 Å². The number of fused-ring (bicyclic) bond motifs is 1. The summed E-state index contributed by atoms with van der Waals surface area (Å²) in [4.78, 5) is 12.2. The molecule has 0 saturated heterocycles. The number of rotatable bonds is 4. The lowest BCUT2D eigenvalue weighted by Crippen LogP contribution is -2.03. The van der Waals surface area contributed by atoms with Crippen LogP contribution in [0.4, 0.5) is 0 Å². The second-order valence-electron chi connectivity index (χ2n) is 4.40. The van der Waals surface area contributed by atoms with Crippen LogP contribution >= 0.6 is 57.6 Å². The fourth-order valence-corrected chi connectivity index (χ4v) is 3.52. The van der Waals surface area contributed by atoms with Crippen molar-refractivity contribution in [1.29, 1.82) is 0 Å². The summed E-state index contributed by atoms with van der Waals surface area (Å²) in [6.07, 6.45) is 1.68. The summed E-state index contributed by atoms with van der Waals surface area (Å²) in [7, 11) is 0. The van der Waals surface area contributed by atoms with Gasteiger partial charge in [-0.3, -0.25) is 9.20 Å². The fourth-order valence-electron chi connectivity index (χ4n) is 1.85. The SMILES string of the molecule is O=C(CSc1nnc2c(Cl)cc(Cl)cn12)c1ccc(I)cc1. The van der Waals surface area contributed by atoms with Crippen LogP contribution in [0.15, 0.2) is 41.7 Å². The van der Waals surface area contributed by atoms with Crippen molar-refractivity contribution in [2.45, 2.75) is 5.16 Å². The molecular formula is C14H8Cl2IN3OS. The number of nitrogens with zero attached hydrogens (tertiary/aromatic N) is 3. The highest BCUT2D eigenvalue weighted by Crippen LogP contribution is 2.25. The zero-order valence-corrected chi connectivity index (χ0v) is 15.4. The summed E-state index contributed by atoms with van der Waals surface area (Å²) in [6.45, 7) is 0. The predicted molar refractivity (Wildman–Crippen MR) is 97.2 cm³/mol. The first-order valence-corrected chi connectivity index (χ1v) is 8.98. The Kier molecular flexibility index (Phi) is 4.91. The van der Waals surface area contributed by atoms with Crippen LogP contribution in [0.3, 0.4) is 0 Å². The number of aromatic nitrogens is 3. The number of halogens is 3. The second kappa shape index (κ2) is 6.74. The molecule has 0 aliphatic heterocycles. The average Bonchev–Trinajstić information content (AvgIpc) is 2.89. The van der Waals surface area contributed by atoms with Crippen molar-refractivity contribution in [2.24, 2.45) is 0 Å². The summed E-state index contributed by atoms with van der Waals surface area (Å²) in [5.41, 5.74) is 1.20. The van der Waals surface area contributed by atoms with E-state index in [-0.39, 0.29) is 11.5 Å². The van der Waals surface area contributed by atoms with E-state index in [0.717, 1.165) is 3.57 Å². The Labute approximate surface area is 154 Å². The van der Waals surface area contributed by atoms with Gasteiger partial charge in [0.05, 0.1) is 15.8 Å². The summed E-state index contributed by atoms with van der Waals surface area (Å²) in [6, 6.07) is 9.06. The molecule has 4 nitrogen and oxygen atoms in total. The Balaban J connectivity index is 1.79. The molecule has 0 amide bonds. The van der Waals surface area contributed by atoms with Gasteiger partial charge in [0.1, 0.15) is 0 Å². The van der Waals surface area contributed by atoms with Crippen molar-refractivity contribution in [1.82, 2.24) is 14.6 Å². The van der Waals surface area contributed by atoms with Crippen LogP contribution in [0.2, 0.25) is 10.0 Å². The molecule has 0 saturated carbocycles. The molecule has 112 valence electrons. The van der Waals surface area contributed by atoms with Crippen LogP contribution < -0.4 is 0 Å². The highest BCUT2D eigenvalue weighted by atomic mass is 127. The molecule has 0 aliphatic carbocycles. The Bertz CT molecular complexity index is 851. The van der Waals surface area contributed by atoms with Gasteiger partial charge in [0, 0.05) is 15.3 Å². The highest BCUT2D eigenvalue weighted by Gasteiger charge is 2.13. The standard InChI is InChI=1S/C14H8Cl2IN3OS/c15-9-5-11(16)13-18-19-14(20(13)6-9)22-7-12(21)8-1-3-10(17)4-2-8/h1-6H,7H2. The number of pyridine rings is 1. The molecule has 2 aromatic heterocycles. The molecule has 0 radical (unpaired) electrons. The Morgan fingerprint density at radius 3 is 2.68 bits per heavy atom. The maximum absolute atomic E-state index is 12.2. The van der Waals surface area contributed by atoms with Crippen molar-refractivity contribution in [3.8, 4) is 0 Å². The smallest absolute Gasteiger partial charge is 0.196 e. The van der Waals surface area contributed by atoms with Gasteiger partial charge in [-0.15, -0.1) is 10.2 Å². The minimum Gasteiger partial charge on any atom is -0.293 e. The van der Waals surface area contributed by atoms with Crippen LogP contribution in [0.1, 0.15) is 10.4 Å². The van der Waals surface area contributed by atoms with Crippen molar-refractivity contribution < 1.29 is 4.79 Å². The van der Waals surface area contributed by atoms with E-state index in [9.17, 15) is 4.79 Å². The molecule has 0 spiro atoms. The molecule has 3 aromatic rings. The largest absolute Gasteiger partial charge is 0.293 e. The maximum atomic E-state index is 12.2. The van der Waals surface area contributed by atoms with Crippen molar-refractivity contribution in [2.75, 3.05) is 5.75 Å². The van der Waals surface area contributed by atoms with E-state index in [1.807, 2.05) is 24.3 Å². The van der Waals surface area contributed by atoms with Gasteiger partial charge in [-0.2, -0.15) is 0 Å². The van der Waals surface area contributed by atoms with E-state index >= 15 is 0 Å². The van der Waals surface area contributed by atoms with E-state index in [2.05, 4.69) is 32.8 Å². The zero-order valence-electron chi connectivity index (χ0n) is 11.0. The van der Waals surface area contributed by atoms with Gasteiger partial charge >= 0.3 is 0 Å². The van der Waals surface area contributed by atoms with Gasteiger partial charge in [-0.05, 0) is 40.8 Å². The lowest BCUT2D eigenvalue weighted by molar-refractivity contribution is 0.102. The first-order valence-electron chi connectivity index (χ1n) is 6.16. The van der Waals surface area contributed by atoms with Gasteiger partial charge in [-0.25, -0.2) is 0 Å². The topological polar surface area (TPSA) is 47.3 Å². The lowest BCUT2D eigenvalue weighted by atomic mass is 10.2. The van der Waals surface area contributed by atoms with Gasteiger partial charge in [-0.1, -0.05) is 47.1 Å². The van der Waals surface area contributed by atoms with Gasteiger partial charge < -0.3 is 0 Å². The monoisotopic (exact) mass is 463 g/mol. The van der Waals surface area contributed by atoms with Crippen LogP contribution in [-0.4, -0.2) is 26.1 Å². The van der Waals surface area contributed by atoms with Crippen LogP contribution in [0.5, 0.6) is 0 Å². The number of carbonyl (C=O) groups is 1. The normalized spacial score (nSPS) is 11.0. The molecule has 0 N–H and O–H groups in total. The second-order valence-corrected chi connectivity index (χ2v) is 7.43. The van der Waals surface area contributed by atoms with E-state index in [4.69, 9.17) is 23.2 Å². The highest BCUT2D eigenvalue weighted by molar-refractivity contribution is 14.1.